The Balaban J connectivity index is 1.66. The Morgan fingerprint density at radius 3 is 2.59 bits per heavy atom. The highest BCUT2D eigenvalue weighted by Crippen LogP contribution is 2.21. The summed E-state index contributed by atoms with van der Waals surface area (Å²) in [5.74, 6) is 0.365. The molecule has 1 aromatic carbocycles. The SMILES string of the molecule is O=C(Cc1ccncc1)Nc1cc(-c2ccc(Cl)cc2)[nH]n1. The van der Waals surface area contributed by atoms with Gasteiger partial charge in [-0.1, -0.05) is 23.7 Å². The molecule has 0 atom stereocenters. The van der Waals surface area contributed by atoms with Gasteiger partial charge in [0, 0.05) is 23.5 Å². The largest absolute Gasteiger partial charge is 0.309 e. The van der Waals surface area contributed by atoms with E-state index in [1.54, 1.807) is 30.6 Å². The molecule has 110 valence electrons. The maximum atomic E-state index is 12.0. The van der Waals surface area contributed by atoms with Crippen molar-refractivity contribution in [3.8, 4) is 11.3 Å². The minimum absolute atomic E-state index is 0.125. The first-order chi connectivity index (χ1) is 10.7. The van der Waals surface area contributed by atoms with Crippen LogP contribution in [0.2, 0.25) is 5.02 Å². The maximum Gasteiger partial charge on any atom is 0.229 e. The Bertz CT molecular complexity index is 768. The zero-order valence-electron chi connectivity index (χ0n) is 11.6. The van der Waals surface area contributed by atoms with Crippen molar-refractivity contribution in [1.82, 2.24) is 15.2 Å². The molecule has 0 aliphatic carbocycles. The van der Waals surface area contributed by atoms with Crippen molar-refractivity contribution in [1.29, 1.82) is 0 Å². The van der Waals surface area contributed by atoms with E-state index in [0.29, 0.717) is 10.8 Å². The predicted molar refractivity (Wildman–Crippen MR) is 85.6 cm³/mol. The highest BCUT2D eigenvalue weighted by Gasteiger charge is 2.08. The molecule has 22 heavy (non-hydrogen) atoms. The zero-order valence-corrected chi connectivity index (χ0v) is 12.3. The molecule has 0 unspecified atom stereocenters. The number of carbonyl (C=O) groups excluding carboxylic acids is 1. The van der Waals surface area contributed by atoms with Gasteiger partial charge in [0.25, 0.3) is 0 Å². The van der Waals surface area contributed by atoms with Crippen LogP contribution in [0.15, 0.2) is 54.9 Å². The summed E-state index contributed by atoms with van der Waals surface area (Å²) in [7, 11) is 0. The number of H-pyrrole nitrogens is 1. The monoisotopic (exact) mass is 312 g/mol. The molecule has 0 saturated carbocycles. The van der Waals surface area contributed by atoms with Crippen molar-refractivity contribution in [2.45, 2.75) is 6.42 Å². The Morgan fingerprint density at radius 1 is 1.14 bits per heavy atom. The average molecular weight is 313 g/mol. The molecule has 0 radical (unpaired) electrons. The van der Waals surface area contributed by atoms with Gasteiger partial charge in [-0.15, -0.1) is 0 Å². The van der Waals surface area contributed by atoms with Gasteiger partial charge in [0.1, 0.15) is 0 Å². The van der Waals surface area contributed by atoms with Gasteiger partial charge in [-0.2, -0.15) is 5.10 Å². The molecule has 2 N–H and O–H groups in total. The number of pyridine rings is 1. The van der Waals surface area contributed by atoms with Crippen LogP contribution in [-0.4, -0.2) is 21.1 Å². The van der Waals surface area contributed by atoms with Crippen LogP contribution in [0.5, 0.6) is 0 Å². The first kappa shape index (κ1) is 14.3. The third-order valence-corrected chi connectivity index (χ3v) is 3.37. The molecule has 2 aromatic heterocycles. The Morgan fingerprint density at radius 2 is 1.86 bits per heavy atom. The van der Waals surface area contributed by atoms with Crippen LogP contribution in [0.1, 0.15) is 5.56 Å². The molecular weight excluding hydrogens is 300 g/mol. The number of amides is 1. The van der Waals surface area contributed by atoms with E-state index in [1.165, 1.54) is 0 Å². The standard InChI is InChI=1S/C16H13ClN4O/c17-13-3-1-12(2-4-13)14-10-15(21-20-14)19-16(22)9-11-5-7-18-8-6-11/h1-8,10H,9H2,(H2,19,20,21,22). The lowest BCUT2D eigenvalue weighted by molar-refractivity contribution is -0.115. The molecule has 0 fully saturated rings. The molecule has 5 nitrogen and oxygen atoms in total. The highest BCUT2D eigenvalue weighted by molar-refractivity contribution is 6.30. The molecule has 0 aliphatic heterocycles. The van der Waals surface area contributed by atoms with Crippen molar-refractivity contribution in [3.63, 3.8) is 0 Å². The van der Waals surface area contributed by atoms with Crippen molar-refractivity contribution in [2.75, 3.05) is 5.32 Å². The van der Waals surface area contributed by atoms with Crippen LogP contribution >= 0.6 is 11.6 Å². The van der Waals surface area contributed by atoms with E-state index in [-0.39, 0.29) is 12.3 Å². The van der Waals surface area contributed by atoms with E-state index >= 15 is 0 Å². The van der Waals surface area contributed by atoms with E-state index in [2.05, 4.69) is 20.5 Å². The maximum absolute atomic E-state index is 12.0. The van der Waals surface area contributed by atoms with Gasteiger partial charge < -0.3 is 5.32 Å². The van der Waals surface area contributed by atoms with Gasteiger partial charge in [0.05, 0.1) is 12.1 Å². The molecule has 0 saturated heterocycles. The fourth-order valence-electron chi connectivity index (χ4n) is 2.04. The first-order valence-corrected chi connectivity index (χ1v) is 7.08. The number of anilines is 1. The Labute approximate surface area is 132 Å². The number of carbonyl (C=O) groups is 1. The summed E-state index contributed by atoms with van der Waals surface area (Å²) in [5.41, 5.74) is 2.67. The molecule has 6 heteroatoms. The van der Waals surface area contributed by atoms with Crippen LogP contribution in [0.4, 0.5) is 5.82 Å². The number of benzene rings is 1. The third-order valence-electron chi connectivity index (χ3n) is 3.11. The summed E-state index contributed by atoms with van der Waals surface area (Å²) >= 11 is 5.86. The predicted octanol–water partition coefficient (Wildman–Crippen LogP) is 3.31. The van der Waals surface area contributed by atoms with Crippen molar-refractivity contribution in [3.05, 3.63) is 65.4 Å². The number of nitrogens with one attached hydrogen (secondary N) is 2. The van der Waals surface area contributed by atoms with Gasteiger partial charge in [0.2, 0.25) is 5.91 Å². The number of nitrogens with zero attached hydrogens (tertiary/aromatic N) is 2. The van der Waals surface area contributed by atoms with Crippen molar-refractivity contribution < 1.29 is 4.79 Å². The number of hydrogen-bond donors (Lipinski definition) is 2. The summed E-state index contributed by atoms with van der Waals surface area (Å²) in [4.78, 5) is 15.9. The molecule has 1 amide bonds. The Kier molecular flexibility index (Phi) is 4.16. The molecule has 0 spiro atoms. The molecule has 3 aromatic rings. The lowest BCUT2D eigenvalue weighted by atomic mass is 10.1. The number of rotatable bonds is 4. The van der Waals surface area contributed by atoms with Crippen LogP contribution < -0.4 is 5.32 Å². The Hall–Kier alpha value is -2.66. The van der Waals surface area contributed by atoms with Gasteiger partial charge in [-0.25, -0.2) is 0 Å². The minimum atomic E-state index is -0.125. The second kappa shape index (κ2) is 6.41. The quantitative estimate of drug-likeness (QED) is 0.776. The van der Waals surface area contributed by atoms with Crippen LogP contribution in [0, 0.1) is 0 Å². The minimum Gasteiger partial charge on any atom is -0.309 e. The third kappa shape index (κ3) is 3.51. The van der Waals surface area contributed by atoms with Crippen LogP contribution in [-0.2, 0) is 11.2 Å². The summed E-state index contributed by atoms with van der Waals surface area (Å²) in [6.07, 6.45) is 3.61. The number of aromatic amines is 1. The van der Waals surface area contributed by atoms with Gasteiger partial charge in [0.15, 0.2) is 5.82 Å². The summed E-state index contributed by atoms with van der Waals surface area (Å²) < 4.78 is 0. The second-order valence-corrected chi connectivity index (χ2v) is 5.19. The van der Waals surface area contributed by atoms with Crippen molar-refractivity contribution >= 4 is 23.3 Å². The van der Waals surface area contributed by atoms with Crippen LogP contribution in [0.3, 0.4) is 0 Å². The van der Waals surface area contributed by atoms with Gasteiger partial charge in [-0.3, -0.25) is 14.9 Å². The number of halogens is 1. The molecule has 0 aliphatic rings. The summed E-state index contributed by atoms with van der Waals surface area (Å²) in [6, 6.07) is 12.8. The lowest BCUT2D eigenvalue weighted by Crippen LogP contribution is -2.14. The van der Waals surface area contributed by atoms with E-state index in [4.69, 9.17) is 11.6 Å². The van der Waals surface area contributed by atoms with Gasteiger partial charge >= 0.3 is 0 Å². The first-order valence-electron chi connectivity index (χ1n) is 6.71. The molecular formula is C16H13ClN4O. The van der Waals surface area contributed by atoms with E-state index in [0.717, 1.165) is 16.8 Å². The van der Waals surface area contributed by atoms with Crippen molar-refractivity contribution in [2.24, 2.45) is 0 Å². The molecule has 3 rings (SSSR count). The summed E-state index contributed by atoms with van der Waals surface area (Å²) in [6.45, 7) is 0. The smallest absolute Gasteiger partial charge is 0.229 e. The molecule has 2 heterocycles. The fourth-order valence-corrected chi connectivity index (χ4v) is 2.16. The second-order valence-electron chi connectivity index (χ2n) is 4.75. The van der Waals surface area contributed by atoms with E-state index in [9.17, 15) is 4.79 Å². The lowest BCUT2D eigenvalue weighted by Gasteiger charge is -2.01. The number of aromatic nitrogens is 3. The topological polar surface area (TPSA) is 70.7 Å². The normalized spacial score (nSPS) is 10.4. The van der Waals surface area contributed by atoms with E-state index in [1.807, 2.05) is 24.3 Å². The fraction of sp³-hybridized carbons (Fsp3) is 0.0625. The average Bonchev–Trinajstić information content (AvgIpc) is 2.97. The van der Waals surface area contributed by atoms with E-state index < -0.39 is 0 Å². The highest BCUT2D eigenvalue weighted by atomic mass is 35.5. The number of hydrogen-bond acceptors (Lipinski definition) is 3. The molecule has 0 bridgehead atoms. The summed E-state index contributed by atoms with van der Waals surface area (Å²) in [5, 5.41) is 10.4. The van der Waals surface area contributed by atoms with Gasteiger partial charge in [-0.05, 0) is 35.4 Å². The zero-order chi connectivity index (χ0) is 15.4. The van der Waals surface area contributed by atoms with Crippen LogP contribution in [0.25, 0.3) is 11.3 Å².